The zero-order valence-electron chi connectivity index (χ0n) is 8.46. The van der Waals surface area contributed by atoms with Gasteiger partial charge in [-0.1, -0.05) is 0 Å². The van der Waals surface area contributed by atoms with Gasteiger partial charge in [-0.2, -0.15) is 13.2 Å². The van der Waals surface area contributed by atoms with Crippen molar-refractivity contribution in [1.82, 2.24) is 14.6 Å². The van der Waals surface area contributed by atoms with Gasteiger partial charge in [-0.05, 0) is 12.1 Å². The van der Waals surface area contributed by atoms with Crippen LogP contribution in [0.3, 0.4) is 0 Å². The molecule has 0 spiro atoms. The second kappa shape index (κ2) is 3.38. The zero-order valence-corrected chi connectivity index (χ0v) is 8.46. The molecule has 0 aliphatic rings. The third-order valence-corrected chi connectivity index (χ3v) is 2.09. The highest BCUT2D eigenvalue weighted by Crippen LogP contribution is 2.29. The minimum absolute atomic E-state index is 0.134. The Kier molecular flexibility index (Phi) is 2.33. The van der Waals surface area contributed by atoms with E-state index in [0.717, 1.165) is 18.3 Å². The second-order valence-electron chi connectivity index (χ2n) is 3.54. The molecule has 92 valence electrons. The first-order chi connectivity index (χ1) is 7.68. The summed E-state index contributed by atoms with van der Waals surface area (Å²) in [6, 6.07) is 2.08. The minimum Gasteiger partial charge on any atom is -0.220 e. The van der Waals surface area contributed by atoms with E-state index in [0.29, 0.717) is 11.4 Å². The van der Waals surface area contributed by atoms with Crippen LogP contribution < -0.4 is 0 Å². The summed E-state index contributed by atoms with van der Waals surface area (Å²) in [5.41, 5.74) is -0.561. The fourth-order valence-electron chi connectivity index (χ4n) is 1.26. The van der Waals surface area contributed by atoms with Gasteiger partial charge in [0.05, 0.1) is 0 Å². The van der Waals surface area contributed by atoms with Crippen LogP contribution in [0, 0.1) is 0 Å². The van der Waals surface area contributed by atoms with Crippen LogP contribution in [0.5, 0.6) is 0 Å². The highest BCUT2D eigenvalue weighted by molar-refractivity contribution is 5.39. The average Bonchev–Trinajstić information content (AvgIpc) is 2.57. The van der Waals surface area contributed by atoms with Crippen LogP contribution in [-0.4, -0.2) is 14.6 Å². The Morgan fingerprint density at radius 3 is 2.29 bits per heavy atom. The van der Waals surface area contributed by atoms with E-state index in [1.807, 2.05) is 0 Å². The number of hydrogen-bond donors (Lipinski definition) is 0. The number of hydrogen-bond acceptors (Lipinski definition) is 2. The van der Waals surface area contributed by atoms with Gasteiger partial charge < -0.3 is 0 Å². The molecule has 0 aliphatic carbocycles. The molecule has 2 rings (SSSR count). The van der Waals surface area contributed by atoms with Crippen LogP contribution >= 0.6 is 0 Å². The van der Waals surface area contributed by atoms with E-state index in [-0.39, 0.29) is 5.65 Å². The number of alkyl halides is 5. The molecule has 0 saturated carbocycles. The third kappa shape index (κ3) is 2.20. The van der Waals surface area contributed by atoms with Crippen molar-refractivity contribution in [2.24, 2.45) is 0 Å². The lowest BCUT2D eigenvalue weighted by Crippen LogP contribution is -2.09. The van der Waals surface area contributed by atoms with Gasteiger partial charge in [0.25, 0.3) is 11.7 Å². The number of fused-ring (bicyclic) bond motifs is 1. The maximum absolute atomic E-state index is 12.9. The Balaban J connectivity index is 2.56. The predicted molar refractivity (Wildman–Crippen MR) is 47.6 cm³/mol. The van der Waals surface area contributed by atoms with Gasteiger partial charge in [0.15, 0.2) is 5.65 Å². The molecule has 0 N–H and O–H groups in total. The molecule has 2 aromatic heterocycles. The first-order valence-corrected chi connectivity index (χ1v) is 4.50. The summed E-state index contributed by atoms with van der Waals surface area (Å²) in [6.07, 6.45) is -3.86. The monoisotopic (exact) mass is 251 g/mol. The molecule has 0 unspecified atom stereocenters. The summed E-state index contributed by atoms with van der Waals surface area (Å²) in [7, 11) is 0. The van der Waals surface area contributed by atoms with E-state index in [9.17, 15) is 22.0 Å². The minimum atomic E-state index is -4.69. The molecule has 0 fully saturated rings. The number of nitrogens with zero attached hydrogens (tertiary/aromatic N) is 3. The number of halogens is 5. The van der Waals surface area contributed by atoms with Gasteiger partial charge in [0.1, 0.15) is 0 Å². The molecule has 0 aromatic carbocycles. The van der Waals surface area contributed by atoms with E-state index in [2.05, 4.69) is 10.1 Å². The Bertz CT molecular complexity index is 540. The zero-order chi connectivity index (χ0) is 12.8. The average molecular weight is 251 g/mol. The van der Waals surface area contributed by atoms with E-state index in [1.165, 1.54) is 0 Å². The summed E-state index contributed by atoms with van der Waals surface area (Å²) in [5, 5.41) is 3.11. The highest BCUT2D eigenvalue weighted by atomic mass is 19.4. The lowest BCUT2D eigenvalue weighted by Gasteiger charge is -2.09. The molecule has 0 radical (unpaired) electrons. The molecule has 0 amide bonds. The first-order valence-electron chi connectivity index (χ1n) is 4.50. The lowest BCUT2D eigenvalue weighted by molar-refractivity contribution is -0.144. The molecule has 17 heavy (non-hydrogen) atoms. The smallest absolute Gasteiger partial charge is 0.220 e. The third-order valence-electron chi connectivity index (χ3n) is 2.09. The SMILES string of the molecule is CC(F)(F)c1ccc2nc(C(F)(F)F)nn2c1. The molecule has 2 aromatic rings. The fraction of sp³-hybridized carbons (Fsp3) is 0.333. The van der Waals surface area contributed by atoms with E-state index < -0.39 is 23.5 Å². The first kappa shape index (κ1) is 11.7. The van der Waals surface area contributed by atoms with Gasteiger partial charge in [-0.3, -0.25) is 0 Å². The van der Waals surface area contributed by atoms with Crippen LogP contribution in [-0.2, 0) is 12.1 Å². The van der Waals surface area contributed by atoms with Gasteiger partial charge in [0, 0.05) is 18.7 Å². The maximum Gasteiger partial charge on any atom is 0.453 e. The summed E-state index contributed by atoms with van der Waals surface area (Å²) in [6.45, 7) is 0.649. The van der Waals surface area contributed by atoms with Crippen molar-refractivity contribution >= 4 is 5.65 Å². The Hall–Kier alpha value is -1.73. The van der Waals surface area contributed by atoms with Crippen molar-refractivity contribution in [3.05, 3.63) is 29.7 Å². The van der Waals surface area contributed by atoms with E-state index in [4.69, 9.17) is 0 Å². The molecule has 0 atom stereocenters. The number of aromatic nitrogens is 3. The lowest BCUT2D eigenvalue weighted by atomic mass is 10.2. The van der Waals surface area contributed by atoms with E-state index in [1.54, 1.807) is 0 Å². The van der Waals surface area contributed by atoms with Crippen molar-refractivity contribution in [3.63, 3.8) is 0 Å². The molecule has 2 heterocycles. The molecule has 0 saturated heterocycles. The largest absolute Gasteiger partial charge is 0.453 e. The predicted octanol–water partition coefficient (Wildman–Crippen LogP) is 2.86. The Morgan fingerprint density at radius 2 is 1.76 bits per heavy atom. The second-order valence-corrected chi connectivity index (χ2v) is 3.54. The van der Waals surface area contributed by atoms with Crippen molar-refractivity contribution in [2.75, 3.05) is 0 Å². The summed E-state index contributed by atoms with van der Waals surface area (Å²) in [5.74, 6) is -4.49. The Morgan fingerprint density at radius 1 is 1.12 bits per heavy atom. The number of pyridine rings is 1. The molecular formula is C9H6F5N3. The van der Waals surface area contributed by atoms with Crippen molar-refractivity contribution in [2.45, 2.75) is 19.0 Å². The van der Waals surface area contributed by atoms with Crippen LogP contribution in [0.4, 0.5) is 22.0 Å². The van der Waals surface area contributed by atoms with Crippen molar-refractivity contribution in [1.29, 1.82) is 0 Å². The summed E-state index contributed by atoms with van der Waals surface area (Å²) < 4.78 is 63.4. The van der Waals surface area contributed by atoms with Gasteiger partial charge in [0.2, 0.25) is 0 Å². The fourth-order valence-corrected chi connectivity index (χ4v) is 1.26. The van der Waals surface area contributed by atoms with Crippen LogP contribution in [0.2, 0.25) is 0 Å². The highest BCUT2D eigenvalue weighted by Gasteiger charge is 2.36. The van der Waals surface area contributed by atoms with Gasteiger partial charge in [-0.15, -0.1) is 5.10 Å². The maximum atomic E-state index is 12.9. The summed E-state index contributed by atoms with van der Waals surface area (Å²) >= 11 is 0. The van der Waals surface area contributed by atoms with Gasteiger partial charge in [-0.25, -0.2) is 18.3 Å². The molecule has 3 nitrogen and oxygen atoms in total. The van der Waals surface area contributed by atoms with Crippen LogP contribution in [0.25, 0.3) is 5.65 Å². The number of rotatable bonds is 1. The van der Waals surface area contributed by atoms with Gasteiger partial charge >= 0.3 is 6.18 Å². The standard InChI is InChI=1S/C9H6F5N3/c1-8(10,11)5-2-3-6-15-7(9(12,13)14)16-17(6)4-5/h2-4H,1H3. The van der Waals surface area contributed by atoms with Crippen molar-refractivity contribution < 1.29 is 22.0 Å². The molecule has 0 aliphatic heterocycles. The van der Waals surface area contributed by atoms with E-state index >= 15 is 0 Å². The molecule has 8 heteroatoms. The summed E-state index contributed by atoms with van der Waals surface area (Å²) in [4.78, 5) is 3.19. The molecular weight excluding hydrogens is 245 g/mol. The topological polar surface area (TPSA) is 30.2 Å². The van der Waals surface area contributed by atoms with Crippen LogP contribution in [0.15, 0.2) is 18.3 Å². The quantitative estimate of drug-likeness (QED) is 0.729. The normalized spacial score (nSPS) is 13.3. The molecule has 0 bridgehead atoms. The van der Waals surface area contributed by atoms with Crippen LogP contribution in [0.1, 0.15) is 18.3 Å². The Labute approximate surface area is 91.9 Å². The van der Waals surface area contributed by atoms with Crippen molar-refractivity contribution in [3.8, 4) is 0 Å².